The molecule has 0 fully saturated rings. The van der Waals surface area contributed by atoms with E-state index in [1.165, 1.54) is 19.2 Å². The average Bonchev–Trinajstić information content (AvgIpc) is 3.04. The van der Waals surface area contributed by atoms with E-state index in [4.69, 9.17) is 14.6 Å². The highest BCUT2D eigenvalue weighted by molar-refractivity contribution is 5.66. The van der Waals surface area contributed by atoms with Crippen LogP contribution in [0.5, 0.6) is 5.75 Å². The number of hydrogen-bond acceptors (Lipinski definition) is 4. The maximum absolute atomic E-state index is 13.3. The minimum Gasteiger partial charge on any atom is -0.496 e. The zero-order valence-corrected chi connectivity index (χ0v) is 17.2. The van der Waals surface area contributed by atoms with Gasteiger partial charge in [0, 0.05) is 35.0 Å². The Bertz CT molecular complexity index is 1090. The summed E-state index contributed by atoms with van der Waals surface area (Å²) in [5, 5.41) is 4.79. The number of aromatic nitrogens is 3. The number of nitrogens with zero attached hydrogens (tertiary/aromatic N) is 3. The molecule has 0 unspecified atom stereocenters. The van der Waals surface area contributed by atoms with Gasteiger partial charge in [-0.05, 0) is 45.0 Å². The van der Waals surface area contributed by atoms with Crippen LogP contribution in [0, 0.1) is 13.8 Å². The van der Waals surface area contributed by atoms with Gasteiger partial charge in [-0.15, -0.1) is 0 Å². The lowest BCUT2D eigenvalue weighted by molar-refractivity contribution is -0.138. The quantitative estimate of drug-likeness (QED) is 0.599. The molecule has 0 saturated heterocycles. The summed E-state index contributed by atoms with van der Waals surface area (Å²) in [5.41, 5.74) is 4.97. The van der Waals surface area contributed by atoms with Gasteiger partial charge in [0.15, 0.2) is 0 Å². The van der Waals surface area contributed by atoms with Crippen molar-refractivity contribution in [2.75, 3.05) is 7.11 Å². The van der Waals surface area contributed by atoms with Gasteiger partial charge < -0.3 is 9.47 Å². The molecule has 30 heavy (non-hydrogen) atoms. The van der Waals surface area contributed by atoms with Crippen molar-refractivity contribution in [2.45, 2.75) is 46.1 Å². The summed E-state index contributed by atoms with van der Waals surface area (Å²) in [6.07, 6.45) is -3.90. The summed E-state index contributed by atoms with van der Waals surface area (Å²) in [4.78, 5) is 4.42. The summed E-state index contributed by atoms with van der Waals surface area (Å²) >= 11 is 0. The zero-order chi connectivity index (χ0) is 21.6. The lowest BCUT2D eigenvalue weighted by Crippen LogP contribution is -2.21. The number of methoxy groups -OCH3 is 1. The van der Waals surface area contributed by atoms with Crippen molar-refractivity contribution in [3.63, 3.8) is 0 Å². The molecule has 0 saturated carbocycles. The van der Waals surface area contributed by atoms with Crippen LogP contribution in [0.25, 0.3) is 16.9 Å². The second kappa shape index (κ2) is 7.43. The van der Waals surface area contributed by atoms with Crippen molar-refractivity contribution in [3.05, 3.63) is 58.5 Å². The smallest absolute Gasteiger partial charge is 0.419 e. The lowest BCUT2D eigenvalue weighted by atomic mass is 10.0. The number of hydrogen-bond donors (Lipinski definition) is 0. The van der Waals surface area contributed by atoms with Gasteiger partial charge >= 0.3 is 6.18 Å². The fraction of sp³-hybridized carbons (Fsp3) is 0.364. The minimum absolute atomic E-state index is 0.0157. The number of pyridine rings is 1. The molecule has 3 aromatic rings. The van der Waals surface area contributed by atoms with Gasteiger partial charge in [-0.25, -0.2) is 4.68 Å². The van der Waals surface area contributed by atoms with Crippen LogP contribution in [-0.2, 0) is 23.9 Å². The van der Waals surface area contributed by atoms with Crippen molar-refractivity contribution >= 4 is 0 Å². The second-order valence-corrected chi connectivity index (χ2v) is 7.53. The van der Waals surface area contributed by atoms with Crippen molar-refractivity contribution in [1.82, 2.24) is 14.8 Å². The van der Waals surface area contributed by atoms with Crippen molar-refractivity contribution < 1.29 is 22.6 Å². The highest BCUT2D eigenvalue weighted by atomic mass is 19.4. The maximum Gasteiger partial charge on any atom is 0.419 e. The molecule has 158 valence electrons. The van der Waals surface area contributed by atoms with E-state index in [0.717, 1.165) is 40.0 Å². The van der Waals surface area contributed by atoms with Crippen LogP contribution in [-0.4, -0.2) is 28.0 Å². The molecule has 0 bridgehead atoms. The molecular weight excluding hydrogens is 395 g/mol. The third kappa shape index (κ3) is 3.67. The third-order valence-corrected chi connectivity index (χ3v) is 5.17. The topological polar surface area (TPSA) is 49.2 Å². The Morgan fingerprint density at radius 3 is 2.47 bits per heavy atom. The summed E-state index contributed by atoms with van der Waals surface area (Å²) in [6.45, 7) is 6.19. The first kappa shape index (κ1) is 20.4. The SMILES string of the molecule is COc1cc(-n2nc(-c3cc(C)nc(C)c3)c3c2C[C@H](C)OC3)ccc1C(F)(F)F. The number of halogens is 3. The van der Waals surface area contributed by atoms with E-state index in [0.29, 0.717) is 18.7 Å². The van der Waals surface area contributed by atoms with Gasteiger partial charge in [-0.1, -0.05) is 0 Å². The standard InChI is InChI=1S/C22H22F3N3O2/c1-12-7-15(8-13(2)26-12)21-17-11-30-14(3)9-19(17)28(27-21)16-5-6-18(22(23,24)25)20(10-16)29-4/h5-8,10,14H,9,11H2,1-4H3/t14-/m0/s1. The van der Waals surface area contributed by atoms with Crippen molar-refractivity contribution in [3.8, 4) is 22.7 Å². The first-order chi connectivity index (χ1) is 14.2. The largest absolute Gasteiger partial charge is 0.496 e. The molecule has 0 amide bonds. The number of benzene rings is 1. The van der Waals surface area contributed by atoms with Crippen LogP contribution < -0.4 is 4.74 Å². The zero-order valence-electron chi connectivity index (χ0n) is 17.2. The first-order valence-electron chi connectivity index (χ1n) is 9.61. The number of aryl methyl sites for hydroxylation is 2. The van der Waals surface area contributed by atoms with Gasteiger partial charge in [0.25, 0.3) is 0 Å². The third-order valence-electron chi connectivity index (χ3n) is 5.17. The number of alkyl halides is 3. The maximum atomic E-state index is 13.3. The van der Waals surface area contributed by atoms with Crippen LogP contribution >= 0.6 is 0 Å². The molecule has 1 aromatic carbocycles. The molecule has 1 atom stereocenters. The van der Waals surface area contributed by atoms with E-state index in [1.54, 1.807) is 4.68 Å². The van der Waals surface area contributed by atoms with Gasteiger partial charge in [0.1, 0.15) is 5.75 Å². The van der Waals surface area contributed by atoms with E-state index in [1.807, 2.05) is 32.9 Å². The minimum atomic E-state index is -4.49. The van der Waals surface area contributed by atoms with Crippen LogP contribution in [0.15, 0.2) is 30.3 Å². The number of ether oxygens (including phenoxy) is 2. The Hall–Kier alpha value is -2.87. The van der Waals surface area contributed by atoms with Crippen LogP contribution in [0.4, 0.5) is 13.2 Å². The molecule has 0 spiro atoms. The Labute approximate surface area is 172 Å². The highest BCUT2D eigenvalue weighted by Crippen LogP contribution is 2.38. The summed E-state index contributed by atoms with van der Waals surface area (Å²) in [6, 6.07) is 7.73. The van der Waals surface area contributed by atoms with E-state index in [9.17, 15) is 13.2 Å². The molecule has 0 radical (unpaired) electrons. The molecule has 1 aliphatic heterocycles. The molecule has 0 aliphatic carbocycles. The molecule has 4 rings (SSSR count). The Balaban J connectivity index is 1.90. The average molecular weight is 417 g/mol. The van der Waals surface area contributed by atoms with E-state index in [2.05, 4.69) is 4.98 Å². The lowest BCUT2D eigenvalue weighted by Gasteiger charge is -2.21. The molecular formula is C22H22F3N3O2. The monoisotopic (exact) mass is 417 g/mol. The van der Waals surface area contributed by atoms with E-state index < -0.39 is 11.7 Å². The van der Waals surface area contributed by atoms with E-state index in [-0.39, 0.29) is 11.9 Å². The Kier molecular flexibility index (Phi) is 5.05. The van der Waals surface area contributed by atoms with Crippen molar-refractivity contribution in [2.24, 2.45) is 0 Å². The molecule has 0 N–H and O–H groups in total. The molecule has 2 aromatic heterocycles. The first-order valence-corrected chi connectivity index (χ1v) is 9.61. The van der Waals surface area contributed by atoms with Crippen molar-refractivity contribution in [1.29, 1.82) is 0 Å². The van der Waals surface area contributed by atoms with Crippen LogP contribution in [0.3, 0.4) is 0 Å². The van der Waals surface area contributed by atoms with Gasteiger partial charge in [0.2, 0.25) is 0 Å². The number of rotatable bonds is 3. The molecule has 1 aliphatic rings. The fourth-order valence-electron chi connectivity index (χ4n) is 3.87. The number of fused-ring (bicyclic) bond motifs is 1. The predicted octanol–water partition coefficient (Wildman–Crippen LogP) is 5.04. The Morgan fingerprint density at radius 2 is 1.83 bits per heavy atom. The van der Waals surface area contributed by atoms with Crippen LogP contribution in [0.1, 0.15) is 35.1 Å². The van der Waals surface area contributed by atoms with E-state index >= 15 is 0 Å². The Morgan fingerprint density at radius 1 is 1.13 bits per heavy atom. The van der Waals surface area contributed by atoms with Gasteiger partial charge in [-0.3, -0.25) is 4.98 Å². The summed E-state index contributed by atoms with van der Waals surface area (Å²) < 4.78 is 52.4. The summed E-state index contributed by atoms with van der Waals surface area (Å²) in [5.74, 6) is -0.235. The normalized spacial score (nSPS) is 16.4. The molecule has 5 nitrogen and oxygen atoms in total. The molecule has 8 heteroatoms. The van der Waals surface area contributed by atoms with Gasteiger partial charge in [-0.2, -0.15) is 18.3 Å². The summed E-state index contributed by atoms with van der Waals surface area (Å²) in [7, 11) is 1.23. The fourth-order valence-corrected chi connectivity index (χ4v) is 3.87. The second-order valence-electron chi connectivity index (χ2n) is 7.53. The predicted molar refractivity (Wildman–Crippen MR) is 106 cm³/mol. The van der Waals surface area contributed by atoms with Crippen LogP contribution in [0.2, 0.25) is 0 Å². The van der Waals surface area contributed by atoms with Gasteiger partial charge in [0.05, 0.1) is 42.5 Å². The highest BCUT2D eigenvalue weighted by Gasteiger charge is 2.35. The molecule has 3 heterocycles.